The highest BCUT2D eigenvalue weighted by atomic mass is 16.7. The molecule has 0 amide bonds. The molecule has 4 rings (SSSR count). The fourth-order valence-electron chi connectivity index (χ4n) is 2.97. The zero-order valence-electron chi connectivity index (χ0n) is 13.7. The molecule has 0 saturated carbocycles. The quantitative estimate of drug-likeness (QED) is 0.624. The first kappa shape index (κ1) is 15.7. The molecular weight excluding hydrogens is 308 g/mol. The summed E-state index contributed by atoms with van der Waals surface area (Å²) in [7, 11) is 0. The highest BCUT2D eigenvalue weighted by Gasteiger charge is 2.37. The van der Waals surface area contributed by atoms with Gasteiger partial charge in [0.1, 0.15) is 12.2 Å². The van der Waals surface area contributed by atoms with Gasteiger partial charge in [-0.3, -0.25) is 0 Å². The maximum Gasteiger partial charge on any atom is 0.224 e. The van der Waals surface area contributed by atoms with Gasteiger partial charge in [-0.1, -0.05) is 84.8 Å². The monoisotopic (exact) mass is 326 g/mol. The predicted molar refractivity (Wildman–Crippen MR) is 97.6 cm³/mol. The van der Waals surface area contributed by atoms with Crippen molar-refractivity contribution in [3.8, 4) is 11.8 Å². The van der Waals surface area contributed by atoms with Crippen molar-refractivity contribution in [1.82, 2.24) is 0 Å². The lowest BCUT2D eigenvalue weighted by Crippen LogP contribution is -2.06. The summed E-state index contributed by atoms with van der Waals surface area (Å²) in [4.78, 5) is 0. The Morgan fingerprint density at radius 3 is 1.48 bits per heavy atom. The van der Waals surface area contributed by atoms with Gasteiger partial charge in [0, 0.05) is 5.56 Å². The zero-order chi connectivity index (χ0) is 16.9. The van der Waals surface area contributed by atoms with E-state index in [4.69, 9.17) is 9.47 Å². The van der Waals surface area contributed by atoms with Gasteiger partial charge in [-0.15, -0.1) is 0 Å². The summed E-state index contributed by atoms with van der Waals surface area (Å²) in [5.74, 6) is 6.23. The van der Waals surface area contributed by atoms with Crippen molar-refractivity contribution in [1.29, 1.82) is 0 Å². The number of ether oxygens (including phenoxy) is 2. The second-order valence-electron chi connectivity index (χ2n) is 5.90. The van der Waals surface area contributed by atoms with Gasteiger partial charge in [0.05, 0.1) is 0 Å². The van der Waals surface area contributed by atoms with Gasteiger partial charge in [0.15, 0.2) is 0 Å². The Labute approximate surface area is 148 Å². The van der Waals surface area contributed by atoms with Crippen LogP contribution in [0.4, 0.5) is 0 Å². The Bertz CT molecular complexity index is 816. The molecule has 0 spiro atoms. The molecule has 3 aromatic rings. The summed E-state index contributed by atoms with van der Waals surface area (Å²) in [6.07, 6.45) is -0.882. The lowest BCUT2D eigenvalue weighted by molar-refractivity contribution is -0.0215. The van der Waals surface area contributed by atoms with Gasteiger partial charge in [-0.25, -0.2) is 0 Å². The number of rotatable bonds is 2. The summed E-state index contributed by atoms with van der Waals surface area (Å²) in [5, 5.41) is 0. The first-order chi connectivity index (χ1) is 12.4. The lowest BCUT2D eigenvalue weighted by atomic mass is 9.99. The van der Waals surface area contributed by atoms with Crippen LogP contribution in [0, 0.1) is 11.8 Å². The van der Waals surface area contributed by atoms with E-state index in [1.165, 1.54) is 0 Å². The van der Waals surface area contributed by atoms with Gasteiger partial charge >= 0.3 is 0 Å². The van der Waals surface area contributed by atoms with Crippen LogP contribution < -0.4 is 0 Å². The van der Waals surface area contributed by atoms with Gasteiger partial charge in [-0.2, -0.15) is 0 Å². The van der Waals surface area contributed by atoms with Crippen LogP contribution in [0.15, 0.2) is 91.0 Å². The average Bonchev–Trinajstić information content (AvgIpc) is 3.13. The molecule has 2 heteroatoms. The molecule has 1 aliphatic rings. The molecule has 25 heavy (non-hydrogen) atoms. The highest BCUT2D eigenvalue weighted by Crippen LogP contribution is 2.42. The van der Waals surface area contributed by atoms with Crippen LogP contribution in [0.2, 0.25) is 0 Å². The SMILES string of the molecule is C(#CC1O[C@H](c2ccccc2)[C@H](c2ccccc2)O1)c1ccccc1. The Morgan fingerprint density at radius 2 is 1.00 bits per heavy atom. The van der Waals surface area contributed by atoms with Crippen molar-refractivity contribution in [3.63, 3.8) is 0 Å². The molecule has 0 bridgehead atoms. The van der Waals surface area contributed by atoms with Crippen LogP contribution in [0.1, 0.15) is 28.9 Å². The Hall–Kier alpha value is -2.86. The third-order valence-electron chi connectivity index (χ3n) is 4.18. The molecule has 1 aliphatic heterocycles. The van der Waals surface area contributed by atoms with Crippen LogP contribution in [-0.4, -0.2) is 6.29 Å². The zero-order valence-corrected chi connectivity index (χ0v) is 13.7. The van der Waals surface area contributed by atoms with Crippen molar-refractivity contribution < 1.29 is 9.47 Å². The van der Waals surface area contributed by atoms with E-state index in [0.29, 0.717) is 0 Å². The van der Waals surface area contributed by atoms with E-state index >= 15 is 0 Å². The van der Waals surface area contributed by atoms with E-state index in [1.54, 1.807) is 0 Å². The predicted octanol–water partition coefficient (Wildman–Crippen LogP) is 4.89. The molecule has 1 heterocycles. The fraction of sp³-hybridized carbons (Fsp3) is 0.130. The number of benzene rings is 3. The maximum absolute atomic E-state index is 6.14. The van der Waals surface area contributed by atoms with Crippen molar-refractivity contribution in [3.05, 3.63) is 108 Å². The summed E-state index contributed by atoms with van der Waals surface area (Å²) in [5.41, 5.74) is 3.15. The van der Waals surface area contributed by atoms with Gasteiger partial charge in [-0.05, 0) is 29.2 Å². The molecule has 122 valence electrons. The molecule has 1 unspecified atom stereocenters. The molecule has 1 fully saturated rings. The van der Waals surface area contributed by atoms with Crippen molar-refractivity contribution in [2.45, 2.75) is 18.5 Å². The molecule has 1 saturated heterocycles. The third kappa shape index (κ3) is 3.64. The standard InChI is InChI=1S/C23H18O2/c1-4-10-18(11-5-1)16-17-21-24-22(19-12-6-2-7-13-19)23(25-21)20-14-8-3-9-15-20/h1-15,21-23H/t21?,22-,23+. The van der Waals surface area contributed by atoms with E-state index in [9.17, 15) is 0 Å². The minimum absolute atomic E-state index is 0.168. The van der Waals surface area contributed by atoms with Gasteiger partial charge in [0.2, 0.25) is 6.29 Å². The maximum atomic E-state index is 6.14. The van der Waals surface area contributed by atoms with Crippen LogP contribution in [-0.2, 0) is 9.47 Å². The van der Waals surface area contributed by atoms with E-state index in [-0.39, 0.29) is 12.2 Å². The largest absolute Gasteiger partial charge is 0.331 e. The number of hydrogen-bond acceptors (Lipinski definition) is 2. The van der Waals surface area contributed by atoms with Crippen molar-refractivity contribution in [2.75, 3.05) is 0 Å². The van der Waals surface area contributed by atoms with E-state index in [1.807, 2.05) is 66.7 Å². The van der Waals surface area contributed by atoms with E-state index < -0.39 is 6.29 Å². The first-order valence-corrected chi connectivity index (χ1v) is 8.37. The summed E-state index contributed by atoms with van der Waals surface area (Å²) >= 11 is 0. The molecule has 0 aromatic heterocycles. The average molecular weight is 326 g/mol. The topological polar surface area (TPSA) is 18.5 Å². The normalized spacial score (nSPS) is 22.2. The Balaban J connectivity index is 1.62. The van der Waals surface area contributed by atoms with Gasteiger partial charge in [0.25, 0.3) is 0 Å². The molecule has 2 nitrogen and oxygen atoms in total. The van der Waals surface area contributed by atoms with E-state index in [2.05, 4.69) is 36.1 Å². The van der Waals surface area contributed by atoms with Crippen LogP contribution >= 0.6 is 0 Å². The summed E-state index contributed by atoms with van der Waals surface area (Å²) in [6.45, 7) is 0. The first-order valence-electron chi connectivity index (χ1n) is 8.37. The third-order valence-corrected chi connectivity index (χ3v) is 4.18. The second-order valence-corrected chi connectivity index (χ2v) is 5.90. The Kier molecular flexibility index (Phi) is 4.61. The Morgan fingerprint density at radius 1 is 0.560 bits per heavy atom. The van der Waals surface area contributed by atoms with Crippen molar-refractivity contribution in [2.24, 2.45) is 0 Å². The molecular formula is C23H18O2. The molecule has 3 atom stereocenters. The molecule has 3 aromatic carbocycles. The van der Waals surface area contributed by atoms with Crippen LogP contribution in [0.25, 0.3) is 0 Å². The van der Waals surface area contributed by atoms with E-state index in [0.717, 1.165) is 16.7 Å². The van der Waals surface area contributed by atoms with Crippen molar-refractivity contribution >= 4 is 0 Å². The smallest absolute Gasteiger partial charge is 0.224 e. The lowest BCUT2D eigenvalue weighted by Gasteiger charge is -2.17. The number of hydrogen-bond donors (Lipinski definition) is 0. The summed E-state index contributed by atoms with van der Waals surface area (Å²) in [6, 6.07) is 30.2. The fourth-order valence-corrected chi connectivity index (χ4v) is 2.97. The second kappa shape index (κ2) is 7.36. The summed E-state index contributed by atoms with van der Waals surface area (Å²) < 4.78 is 12.3. The minimum Gasteiger partial charge on any atom is -0.331 e. The van der Waals surface area contributed by atoms with Crippen LogP contribution in [0.5, 0.6) is 0 Å². The minimum atomic E-state index is -0.546. The molecule has 0 radical (unpaired) electrons. The van der Waals surface area contributed by atoms with Crippen LogP contribution in [0.3, 0.4) is 0 Å². The molecule has 0 aliphatic carbocycles. The highest BCUT2D eigenvalue weighted by molar-refractivity contribution is 5.35. The van der Waals surface area contributed by atoms with Gasteiger partial charge < -0.3 is 9.47 Å². The molecule has 0 N–H and O–H groups in total.